The summed E-state index contributed by atoms with van der Waals surface area (Å²) in [6.45, 7) is 9.92. The van der Waals surface area contributed by atoms with Gasteiger partial charge in [-0.05, 0) is 57.5 Å². The topological polar surface area (TPSA) is 59.6 Å². The van der Waals surface area contributed by atoms with Crippen LogP contribution in [0, 0.1) is 0 Å². The van der Waals surface area contributed by atoms with Crippen molar-refractivity contribution in [1.82, 2.24) is 15.3 Å². The fourth-order valence-electron chi connectivity index (χ4n) is 4.36. The fourth-order valence-corrected chi connectivity index (χ4v) is 4.60. The highest BCUT2D eigenvalue weighted by Crippen LogP contribution is 2.28. The van der Waals surface area contributed by atoms with Crippen molar-refractivity contribution in [2.75, 3.05) is 59.3 Å². The molecule has 0 saturated carbocycles. The summed E-state index contributed by atoms with van der Waals surface area (Å²) >= 11 is 5.39. The zero-order chi connectivity index (χ0) is 21.6. The molecule has 2 fully saturated rings. The van der Waals surface area contributed by atoms with Crippen LogP contribution in [0.1, 0.15) is 33.1 Å². The third-order valence-electron chi connectivity index (χ3n) is 6.08. The zero-order valence-electron chi connectivity index (χ0n) is 18.5. The number of rotatable bonds is 5. The Morgan fingerprint density at radius 3 is 2.42 bits per heavy atom. The lowest BCUT2D eigenvalue weighted by atomic mass is 10.0. The molecule has 0 aliphatic carbocycles. The van der Waals surface area contributed by atoms with Gasteiger partial charge < -0.3 is 25.3 Å². The number of thiocarbonyl (C=S) groups is 1. The van der Waals surface area contributed by atoms with Crippen molar-refractivity contribution in [2.45, 2.75) is 39.2 Å². The smallest absolute Gasteiger partial charge is 0.232 e. The molecule has 0 radical (unpaired) electrons. The van der Waals surface area contributed by atoms with Crippen LogP contribution in [-0.4, -0.2) is 60.4 Å². The lowest BCUT2D eigenvalue weighted by Crippen LogP contribution is -2.47. The van der Waals surface area contributed by atoms with Crippen molar-refractivity contribution in [3.8, 4) is 0 Å². The molecule has 7 nitrogen and oxygen atoms in total. The van der Waals surface area contributed by atoms with Gasteiger partial charge in [0.15, 0.2) is 5.11 Å². The second-order valence-corrected chi connectivity index (χ2v) is 8.65. The van der Waals surface area contributed by atoms with Gasteiger partial charge in [-0.2, -0.15) is 9.97 Å². The Kier molecular flexibility index (Phi) is 7.06. The molecule has 1 aromatic carbocycles. The minimum absolute atomic E-state index is 0.486. The Labute approximate surface area is 190 Å². The Bertz CT molecular complexity index is 867. The van der Waals surface area contributed by atoms with E-state index in [0.717, 1.165) is 50.9 Å². The summed E-state index contributed by atoms with van der Waals surface area (Å²) in [5.41, 5.74) is 1.28. The summed E-state index contributed by atoms with van der Waals surface area (Å²) < 4.78 is 0. The van der Waals surface area contributed by atoms with Gasteiger partial charge in [-0.25, -0.2) is 0 Å². The Morgan fingerprint density at radius 1 is 1.00 bits per heavy atom. The highest BCUT2D eigenvalue weighted by atomic mass is 32.1. The molecule has 1 atom stereocenters. The van der Waals surface area contributed by atoms with Crippen molar-refractivity contribution in [1.29, 1.82) is 0 Å². The van der Waals surface area contributed by atoms with Gasteiger partial charge >= 0.3 is 0 Å². The lowest BCUT2D eigenvalue weighted by Gasteiger charge is -2.38. The first-order chi connectivity index (χ1) is 15.1. The van der Waals surface area contributed by atoms with Crippen LogP contribution in [0.3, 0.4) is 0 Å². The molecule has 0 amide bonds. The average Bonchev–Trinajstić information content (AvgIpc) is 2.80. The first-order valence-corrected chi connectivity index (χ1v) is 11.8. The Morgan fingerprint density at radius 2 is 1.71 bits per heavy atom. The molecular formula is C23H33N7S. The third-order valence-corrected chi connectivity index (χ3v) is 6.33. The van der Waals surface area contributed by atoms with Crippen molar-refractivity contribution in [3.63, 3.8) is 0 Å². The van der Waals surface area contributed by atoms with Gasteiger partial charge in [-0.3, -0.25) is 0 Å². The van der Waals surface area contributed by atoms with E-state index in [2.05, 4.69) is 68.7 Å². The third kappa shape index (κ3) is 5.36. The molecule has 0 spiro atoms. The largest absolute Gasteiger partial charge is 0.368 e. The van der Waals surface area contributed by atoms with Crippen molar-refractivity contribution >= 4 is 40.6 Å². The minimum Gasteiger partial charge on any atom is -0.368 e. The molecule has 4 rings (SSSR count). The lowest BCUT2D eigenvalue weighted by molar-refractivity contribution is 0.481. The highest BCUT2D eigenvalue weighted by Gasteiger charge is 2.24. The standard InChI is InChI=1S/C23H33N7S/c1-3-24-23(31)27-22-25-20(17-21(26-22)30-12-8-7-9-18(30)2)29-15-13-28(14-16-29)19-10-5-4-6-11-19/h4-6,10-11,17-18H,3,7-9,12-16H2,1-2H3,(H2,24,25,26,27,31)/t18-/m0/s1. The van der Waals surface area contributed by atoms with Crippen LogP contribution < -0.4 is 25.3 Å². The first kappa shape index (κ1) is 21.6. The first-order valence-electron chi connectivity index (χ1n) is 11.4. The molecule has 1 aromatic heterocycles. The summed E-state index contributed by atoms with van der Waals surface area (Å²) in [7, 11) is 0. The molecular weight excluding hydrogens is 406 g/mol. The van der Waals surface area contributed by atoms with Gasteiger partial charge in [0, 0.05) is 57.1 Å². The van der Waals surface area contributed by atoms with Crippen molar-refractivity contribution in [3.05, 3.63) is 36.4 Å². The maximum absolute atomic E-state index is 5.39. The van der Waals surface area contributed by atoms with Crippen LogP contribution in [-0.2, 0) is 0 Å². The monoisotopic (exact) mass is 439 g/mol. The number of aromatic nitrogens is 2. The number of nitrogens with one attached hydrogen (secondary N) is 2. The number of nitrogens with zero attached hydrogens (tertiary/aromatic N) is 5. The van der Waals surface area contributed by atoms with E-state index in [4.69, 9.17) is 22.2 Å². The average molecular weight is 440 g/mol. The molecule has 2 N–H and O–H groups in total. The summed E-state index contributed by atoms with van der Waals surface area (Å²) in [6.07, 6.45) is 3.69. The molecule has 3 heterocycles. The van der Waals surface area contributed by atoms with E-state index in [1.54, 1.807) is 0 Å². The maximum Gasteiger partial charge on any atom is 0.232 e. The molecule has 8 heteroatoms. The van der Waals surface area contributed by atoms with E-state index >= 15 is 0 Å². The summed E-state index contributed by atoms with van der Waals surface area (Å²) in [5.74, 6) is 2.53. The molecule has 0 unspecified atom stereocenters. The van der Waals surface area contributed by atoms with Gasteiger partial charge in [0.2, 0.25) is 5.95 Å². The normalized spacial score (nSPS) is 19.3. The second kappa shape index (κ2) is 10.1. The number of hydrogen-bond donors (Lipinski definition) is 2. The molecule has 166 valence electrons. The van der Waals surface area contributed by atoms with Crippen LogP contribution in [0.5, 0.6) is 0 Å². The summed E-state index contributed by atoms with van der Waals surface area (Å²) in [4.78, 5) is 16.9. The van der Waals surface area contributed by atoms with Gasteiger partial charge in [-0.1, -0.05) is 18.2 Å². The van der Waals surface area contributed by atoms with Crippen LogP contribution in [0.15, 0.2) is 36.4 Å². The highest BCUT2D eigenvalue weighted by molar-refractivity contribution is 7.80. The number of para-hydroxylation sites is 1. The zero-order valence-corrected chi connectivity index (χ0v) is 19.4. The minimum atomic E-state index is 0.486. The molecule has 0 bridgehead atoms. The van der Waals surface area contributed by atoms with Crippen LogP contribution >= 0.6 is 12.2 Å². The van der Waals surface area contributed by atoms with E-state index in [9.17, 15) is 0 Å². The fraction of sp³-hybridized carbons (Fsp3) is 0.522. The van der Waals surface area contributed by atoms with Gasteiger partial charge in [0.05, 0.1) is 0 Å². The quantitative estimate of drug-likeness (QED) is 0.687. The van der Waals surface area contributed by atoms with E-state index in [0.29, 0.717) is 17.1 Å². The Hall–Kier alpha value is -2.61. The summed E-state index contributed by atoms with van der Waals surface area (Å²) in [6, 6.07) is 13.3. The molecule has 31 heavy (non-hydrogen) atoms. The second-order valence-electron chi connectivity index (χ2n) is 8.24. The van der Waals surface area contributed by atoms with Gasteiger partial charge in [0.25, 0.3) is 0 Å². The number of benzene rings is 1. The predicted octanol–water partition coefficient (Wildman–Crippen LogP) is 3.49. The molecule has 2 aliphatic heterocycles. The number of hydrogen-bond acceptors (Lipinski definition) is 6. The Balaban J connectivity index is 1.54. The molecule has 2 saturated heterocycles. The van der Waals surface area contributed by atoms with E-state index in [1.165, 1.54) is 24.9 Å². The van der Waals surface area contributed by atoms with Crippen molar-refractivity contribution < 1.29 is 0 Å². The number of piperazine rings is 1. The SMILES string of the molecule is CCNC(=S)Nc1nc(N2CCN(c3ccccc3)CC2)cc(N2CCCC[C@@H]2C)n1. The maximum atomic E-state index is 5.39. The van der Waals surface area contributed by atoms with Gasteiger partial charge in [0.1, 0.15) is 11.6 Å². The van der Waals surface area contributed by atoms with E-state index in [1.807, 2.05) is 6.92 Å². The van der Waals surface area contributed by atoms with Crippen LogP contribution in [0.2, 0.25) is 0 Å². The predicted molar refractivity (Wildman–Crippen MR) is 133 cm³/mol. The molecule has 2 aliphatic rings. The van der Waals surface area contributed by atoms with E-state index in [-0.39, 0.29) is 0 Å². The van der Waals surface area contributed by atoms with Crippen LogP contribution in [0.25, 0.3) is 0 Å². The number of piperidine rings is 1. The summed E-state index contributed by atoms with van der Waals surface area (Å²) in [5, 5.41) is 6.88. The van der Waals surface area contributed by atoms with E-state index < -0.39 is 0 Å². The van der Waals surface area contributed by atoms with Crippen LogP contribution in [0.4, 0.5) is 23.3 Å². The van der Waals surface area contributed by atoms with Gasteiger partial charge in [-0.15, -0.1) is 0 Å². The molecule has 2 aromatic rings. The van der Waals surface area contributed by atoms with Crippen molar-refractivity contribution in [2.24, 2.45) is 0 Å². The number of anilines is 4.